The van der Waals surface area contributed by atoms with Crippen molar-refractivity contribution in [3.8, 4) is 0 Å². The summed E-state index contributed by atoms with van der Waals surface area (Å²) >= 11 is 0. The Hall–Kier alpha value is -4.01. The van der Waals surface area contributed by atoms with Gasteiger partial charge in [-0.05, 0) is 119 Å². The van der Waals surface area contributed by atoms with Gasteiger partial charge in [-0.15, -0.1) is 0 Å². The molecule has 0 heterocycles. The van der Waals surface area contributed by atoms with Crippen LogP contribution in [-0.4, -0.2) is 66.9 Å². The smallest absolute Gasteiger partial charge is 0.385 e. The summed E-state index contributed by atoms with van der Waals surface area (Å²) < 4.78 is 40.2. The fraction of sp³-hybridized carbons (Fsp3) is 0.429. The van der Waals surface area contributed by atoms with Gasteiger partial charge in [0.05, 0.1) is 11.2 Å². The molecule has 0 aliphatic heterocycles. The predicted molar refractivity (Wildman–Crippen MR) is 225 cm³/mol. The summed E-state index contributed by atoms with van der Waals surface area (Å²) in [5, 5.41) is 24.2. The van der Waals surface area contributed by atoms with Crippen LogP contribution in [0.3, 0.4) is 0 Å². The number of nitrogens with zero attached hydrogens (tertiary/aromatic N) is 2. The quantitative estimate of drug-likeness (QED) is 0.167. The zero-order valence-corrected chi connectivity index (χ0v) is 33.9. The Morgan fingerprint density at radius 3 is 1.75 bits per heavy atom. The SMILES string of the molecule is CN(C)CC1CCCCC(=Cc2ccccc2)C1(O)c1cccc(C(F)(F)F)c1.Cc1cccc(CC2(O)C(=Cc3ccccc3)CCCCC2CN(C)C)c1. The summed E-state index contributed by atoms with van der Waals surface area (Å²) in [7, 11) is 8.08. The second kappa shape index (κ2) is 19.4. The largest absolute Gasteiger partial charge is 0.416 e. The lowest BCUT2D eigenvalue weighted by molar-refractivity contribution is -0.137. The van der Waals surface area contributed by atoms with Crippen LogP contribution in [0.25, 0.3) is 12.2 Å². The van der Waals surface area contributed by atoms with Crippen LogP contribution in [0.1, 0.15) is 84.7 Å². The molecule has 2 saturated carbocycles. The Morgan fingerprint density at radius 1 is 0.643 bits per heavy atom. The Kier molecular flexibility index (Phi) is 15.0. The van der Waals surface area contributed by atoms with Crippen LogP contribution in [-0.2, 0) is 18.2 Å². The van der Waals surface area contributed by atoms with E-state index in [0.29, 0.717) is 24.9 Å². The zero-order chi connectivity index (χ0) is 40.3. The van der Waals surface area contributed by atoms with Gasteiger partial charge in [-0.25, -0.2) is 0 Å². The van der Waals surface area contributed by atoms with E-state index in [9.17, 15) is 23.4 Å². The zero-order valence-electron chi connectivity index (χ0n) is 33.9. The first-order valence-electron chi connectivity index (χ1n) is 20.2. The summed E-state index contributed by atoms with van der Waals surface area (Å²) in [4.78, 5) is 4.21. The van der Waals surface area contributed by atoms with Gasteiger partial charge < -0.3 is 20.0 Å². The van der Waals surface area contributed by atoms with Crippen molar-refractivity contribution < 1.29 is 23.4 Å². The minimum Gasteiger partial charge on any atom is -0.385 e. The Morgan fingerprint density at radius 2 is 1.18 bits per heavy atom. The minimum absolute atomic E-state index is 0.196. The van der Waals surface area contributed by atoms with Gasteiger partial charge in [0.15, 0.2) is 0 Å². The van der Waals surface area contributed by atoms with Gasteiger partial charge in [0, 0.05) is 31.3 Å². The number of alkyl halides is 3. The van der Waals surface area contributed by atoms with E-state index in [0.717, 1.165) is 68.3 Å². The molecule has 0 radical (unpaired) electrons. The topological polar surface area (TPSA) is 46.9 Å². The molecular weight excluding hydrogens is 706 g/mol. The van der Waals surface area contributed by atoms with Gasteiger partial charge in [0.1, 0.15) is 5.60 Å². The molecule has 2 aliphatic carbocycles. The minimum atomic E-state index is -4.45. The predicted octanol–water partition coefficient (Wildman–Crippen LogP) is 10.8. The van der Waals surface area contributed by atoms with Crippen molar-refractivity contribution >= 4 is 12.2 Å². The van der Waals surface area contributed by atoms with Crippen molar-refractivity contribution in [2.24, 2.45) is 11.8 Å². The average Bonchev–Trinajstić information content (AvgIpc) is 3.40. The summed E-state index contributed by atoms with van der Waals surface area (Å²) in [6.45, 7) is 3.63. The molecule has 56 heavy (non-hydrogen) atoms. The molecule has 300 valence electrons. The molecule has 6 rings (SSSR count). The number of aryl methyl sites for hydroxylation is 1. The maximum atomic E-state index is 13.4. The van der Waals surface area contributed by atoms with Crippen molar-refractivity contribution in [3.63, 3.8) is 0 Å². The van der Waals surface area contributed by atoms with E-state index < -0.39 is 22.9 Å². The van der Waals surface area contributed by atoms with Gasteiger partial charge in [-0.3, -0.25) is 0 Å². The lowest BCUT2D eigenvalue weighted by Gasteiger charge is -2.39. The second-order valence-electron chi connectivity index (χ2n) is 16.5. The molecule has 4 atom stereocenters. The van der Waals surface area contributed by atoms with E-state index in [1.165, 1.54) is 34.8 Å². The summed E-state index contributed by atoms with van der Waals surface area (Å²) in [5.74, 6) is 0.0453. The second-order valence-corrected chi connectivity index (χ2v) is 16.5. The highest BCUT2D eigenvalue weighted by atomic mass is 19.4. The lowest BCUT2D eigenvalue weighted by Crippen LogP contribution is -2.45. The first-order chi connectivity index (χ1) is 26.7. The van der Waals surface area contributed by atoms with Crippen LogP contribution in [0.2, 0.25) is 0 Å². The number of rotatable bonds is 9. The first kappa shape index (κ1) is 43.1. The van der Waals surface area contributed by atoms with Gasteiger partial charge in [0.2, 0.25) is 0 Å². The van der Waals surface area contributed by atoms with Crippen molar-refractivity contribution in [1.82, 2.24) is 9.80 Å². The molecular formula is C49H61F3N2O2. The van der Waals surface area contributed by atoms with Gasteiger partial charge >= 0.3 is 6.18 Å². The van der Waals surface area contributed by atoms with Crippen LogP contribution >= 0.6 is 0 Å². The molecule has 0 bridgehead atoms. The van der Waals surface area contributed by atoms with Crippen LogP contribution in [0.4, 0.5) is 13.2 Å². The highest BCUT2D eigenvalue weighted by Crippen LogP contribution is 2.46. The third kappa shape index (κ3) is 11.3. The average molecular weight is 767 g/mol. The fourth-order valence-electron chi connectivity index (χ4n) is 8.76. The molecule has 0 saturated heterocycles. The molecule has 4 unspecified atom stereocenters. The molecule has 0 aromatic heterocycles. The van der Waals surface area contributed by atoms with E-state index >= 15 is 0 Å². The van der Waals surface area contributed by atoms with E-state index in [1.807, 2.05) is 61.5 Å². The highest BCUT2D eigenvalue weighted by molar-refractivity contribution is 5.58. The Bertz CT molecular complexity index is 1890. The van der Waals surface area contributed by atoms with Gasteiger partial charge in [0.25, 0.3) is 0 Å². The number of hydrogen-bond acceptors (Lipinski definition) is 4. The van der Waals surface area contributed by atoms with Gasteiger partial charge in [-0.2, -0.15) is 13.2 Å². The third-order valence-corrected chi connectivity index (χ3v) is 11.4. The van der Waals surface area contributed by atoms with Crippen LogP contribution in [0, 0.1) is 18.8 Å². The summed E-state index contributed by atoms with van der Waals surface area (Å²) in [6.07, 6.45) is 8.08. The fourth-order valence-corrected chi connectivity index (χ4v) is 8.76. The van der Waals surface area contributed by atoms with E-state index in [4.69, 9.17) is 0 Å². The van der Waals surface area contributed by atoms with Crippen LogP contribution in [0.15, 0.2) is 120 Å². The molecule has 0 spiro atoms. The molecule has 4 aromatic rings. The number of halogens is 3. The first-order valence-corrected chi connectivity index (χ1v) is 20.2. The maximum Gasteiger partial charge on any atom is 0.416 e. The lowest BCUT2D eigenvalue weighted by atomic mass is 9.73. The third-order valence-electron chi connectivity index (χ3n) is 11.4. The van der Waals surface area contributed by atoms with Crippen molar-refractivity contribution in [3.05, 3.63) is 154 Å². The van der Waals surface area contributed by atoms with Crippen LogP contribution < -0.4 is 0 Å². The normalized spacial score (nSPS) is 24.8. The molecule has 2 aliphatic rings. The van der Waals surface area contributed by atoms with Crippen molar-refractivity contribution in [1.29, 1.82) is 0 Å². The van der Waals surface area contributed by atoms with Crippen molar-refractivity contribution in [2.75, 3.05) is 41.3 Å². The Balaban J connectivity index is 0.000000215. The molecule has 4 nitrogen and oxygen atoms in total. The van der Waals surface area contributed by atoms with Gasteiger partial charge in [-0.1, -0.05) is 128 Å². The Labute approximate surface area is 333 Å². The van der Waals surface area contributed by atoms with Crippen molar-refractivity contribution in [2.45, 2.75) is 82.1 Å². The van der Waals surface area contributed by atoms with E-state index in [-0.39, 0.29) is 11.8 Å². The number of hydrogen-bond donors (Lipinski definition) is 2. The van der Waals surface area contributed by atoms with E-state index in [2.05, 4.69) is 80.5 Å². The summed E-state index contributed by atoms with van der Waals surface area (Å²) in [5.41, 5.74) is 3.93. The molecule has 0 amide bonds. The molecule has 7 heteroatoms. The number of benzene rings is 4. The molecule has 2 N–H and O–H groups in total. The highest BCUT2D eigenvalue weighted by Gasteiger charge is 2.44. The standard InChI is InChI=1S/C25H33NO.C24H28F3NO/c1-20-10-9-13-22(16-20)18-25(27)23(17-21-11-5-4-6-12-21)14-7-8-15-24(25)19-26(2)3;1-28(2)17-22-12-7-6-11-19(15-18-9-4-3-5-10-18)23(22,29)20-13-8-14-21(16-20)24(25,26)27/h4-6,9-13,16-17,24,27H,7-8,14-15,18-19H2,1-3H3;3-5,8-10,13-16,22,29H,6-7,11-12,17H2,1-2H3. The summed E-state index contributed by atoms with van der Waals surface area (Å²) in [6, 6.07) is 33.9. The monoisotopic (exact) mass is 766 g/mol. The van der Waals surface area contributed by atoms with E-state index in [1.54, 1.807) is 6.07 Å². The molecule has 4 aromatic carbocycles. The maximum absolute atomic E-state index is 13.4. The van der Waals surface area contributed by atoms with Crippen LogP contribution in [0.5, 0.6) is 0 Å². The number of aliphatic hydroxyl groups is 2. The molecule has 2 fully saturated rings.